The third kappa shape index (κ3) is 4.86. The summed E-state index contributed by atoms with van der Waals surface area (Å²) in [4.78, 5) is 31.4. The topological polar surface area (TPSA) is 58.4 Å². The van der Waals surface area contributed by atoms with E-state index in [4.69, 9.17) is 0 Å². The molecule has 0 aliphatic carbocycles. The minimum atomic E-state index is -0.251. The highest BCUT2D eigenvalue weighted by Crippen LogP contribution is 2.25. The molecular weight excluding hydrogens is 396 g/mol. The highest BCUT2D eigenvalue weighted by molar-refractivity contribution is 7.15. The van der Waals surface area contributed by atoms with Crippen molar-refractivity contribution in [2.75, 3.05) is 26.2 Å². The summed E-state index contributed by atoms with van der Waals surface area (Å²) in [7, 11) is 0. The van der Waals surface area contributed by atoms with Gasteiger partial charge in [0.05, 0.1) is 4.88 Å². The number of carbonyl (C=O) groups excluding carboxylic acids is 1. The maximum Gasteiger partial charge on any atom is 0.267 e. The smallest absolute Gasteiger partial charge is 0.267 e. The summed E-state index contributed by atoms with van der Waals surface area (Å²) in [5.41, 5.74) is 3.03. The van der Waals surface area contributed by atoms with Crippen LogP contribution in [-0.4, -0.2) is 51.7 Å². The Kier molecular flexibility index (Phi) is 6.11. The number of hydrogen-bond donors (Lipinski definition) is 0. The first-order valence-electron chi connectivity index (χ1n) is 10.2. The van der Waals surface area contributed by atoms with E-state index >= 15 is 0 Å². The minimum absolute atomic E-state index is 0.0189. The van der Waals surface area contributed by atoms with Crippen molar-refractivity contribution < 1.29 is 4.79 Å². The van der Waals surface area contributed by atoms with Crippen LogP contribution in [0.25, 0.3) is 10.6 Å². The average molecular weight is 423 g/mol. The van der Waals surface area contributed by atoms with Gasteiger partial charge in [-0.3, -0.25) is 14.5 Å². The average Bonchev–Trinajstić information content (AvgIpc) is 3.16. The molecule has 6 nitrogen and oxygen atoms in total. The summed E-state index contributed by atoms with van der Waals surface area (Å²) in [6.45, 7) is 8.01. The molecule has 4 rings (SSSR count). The van der Waals surface area contributed by atoms with Crippen LogP contribution in [0.3, 0.4) is 0 Å². The molecule has 0 radical (unpaired) electrons. The molecule has 1 amide bonds. The van der Waals surface area contributed by atoms with Gasteiger partial charge in [0, 0.05) is 43.7 Å². The van der Waals surface area contributed by atoms with Gasteiger partial charge in [0.15, 0.2) is 0 Å². The van der Waals surface area contributed by atoms with E-state index in [9.17, 15) is 9.59 Å². The van der Waals surface area contributed by atoms with Crippen LogP contribution in [0, 0.1) is 13.8 Å². The maximum absolute atomic E-state index is 12.8. The molecule has 30 heavy (non-hydrogen) atoms. The third-order valence-electron chi connectivity index (χ3n) is 5.36. The fourth-order valence-electron chi connectivity index (χ4n) is 3.72. The van der Waals surface area contributed by atoms with Crippen LogP contribution in [-0.2, 0) is 17.9 Å². The van der Waals surface area contributed by atoms with Crippen LogP contribution in [0.4, 0.5) is 0 Å². The maximum atomic E-state index is 12.8. The Morgan fingerprint density at radius 2 is 1.83 bits per heavy atom. The van der Waals surface area contributed by atoms with Gasteiger partial charge >= 0.3 is 0 Å². The third-order valence-corrected chi connectivity index (χ3v) is 6.38. The second kappa shape index (κ2) is 8.93. The van der Waals surface area contributed by atoms with Gasteiger partial charge in [0.25, 0.3) is 5.56 Å². The standard InChI is InChI=1S/C23H26N4O2S/c1-17-4-3-5-19(14-17)15-25-10-12-26(13-11-25)23(29)16-27-22(28)9-7-20(24-27)21-8-6-18(2)30-21/h3-9,14H,10-13,15-16H2,1-2H3. The van der Waals surface area contributed by atoms with Crippen LogP contribution in [0.2, 0.25) is 0 Å². The zero-order valence-electron chi connectivity index (χ0n) is 17.4. The predicted molar refractivity (Wildman–Crippen MR) is 120 cm³/mol. The molecule has 0 spiro atoms. The molecule has 1 aliphatic rings. The van der Waals surface area contributed by atoms with Gasteiger partial charge in [-0.1, -0.05) is 29.8 Å². The van der Waals surface area contributed by atoms with Gasteiger partial charge in [-0.15, -0.1) is 11.3 Å². The molecule has 1 saturated heterocycles. The van der Waals surface area contributed by atoms with Gasteiger partial charge in [-0.2, -0.15) is 5.10 Å². The molecule has 0 unspecified atom stereocenters. The van der Waals surface area contributed by atoms with Crippen molar-refractivity contribution in [2.45, 2.75) is 26.9 Å². The summed E-state index contributed by atoms with van der Waals surface area (Å²) in [5, 5.41) is 4.43. The Hall–Kier alpha value is -2.77. The van der Waals surface area contributed by atoms with Crippen molar-refractivity contribution in [2.24, 2.45) is 0 Å². The number of benzene rings is 1. The number of rotatable bonds is 5. The van der Waals surface area contributed by atoms with Crippen molar-refractivity contribution in [3.63, 3.8) is 0 Å². The van der Waals surface area contributed by atoms with Crippen molar-refractivity contribution in [3.8, 4) is 10.6 Å². The molecule has 1 aliphatic heterocycles. The molecule has 1 fully saturated rings. The first kappa shape index (κ1) is 20.5. The van der Waals surface area contributed by atoms with Gasteiger partial charge < -0.3 is 4.90 Å². The molecule has 0 saturated carbocycles. The van der Waals surface area contributed by atoms with Crippen LogP contribution >= 0.6 is 11.3 Å². The molecule has 0 bridgehead atoms. The number of hydrogen-bond acceptors (Lipinski definition) is 5. The quantitative estimate of drug-likeness (QED) is 0.634. The van der Waals surface area contributed by atoms with E-state index in [1.807, 2.05) is 24.0 Å². The van der Waals surface area contributed by atoms with Crippen molar-refractivity contribution in [1.82, 2.24) is 19.6 Å². The van der Waals surface area contributed by atoms with E-state index < -0.39 is 0 Å². The number of thiophene rings is 1. The van der Waals surface area contributed by atoms with E-state index in [1.54, 1.807) is 17.4 Å². The first-order chi connectivity index (χ1) is 14.5. The highest BCUT2D eigenvalue weighted by Gasteiger charge is 2.22. The lowest BCUT2D eigenvalue weighted by molar-refractivity contribution is -0.133. The summed E-state index contributed by atoms with van der Waals surface area (Å²) < 4.78 is 1.28. The summed E-state index contributed by atoms with van der Waals surface area (Å²) >= 11 is 1.63. The molecule has 2 aromatic heterocycles. The zero-order valence-corrected chi connectivity index (χ0v) is 18.2. The zero-order chi connectivity index (χ0) is 21.1. The largest absolute Gasteiger partial charge is 0.339 e. The monoisotopic (exact) mass is 422 g/mol. The fraction of sp³-hybridized carbons (Fsp3) is 0.348. The molecule has 0 atom stereocenters. The van der Waals surface area contributed by atoms with E-state index in [0.717, 1.165) is 30.2 Å². The summed E-state index contributed by atoms with van der Waals surface area (Å²) in [6.07, 6.45) is 0. The molecule has 0 N–H and O–H groups in total. The van der Waals surface area contributed by atoms with E-state index in [0.29, 0.717) is 13.1 Å². The predicted octanol–water partition coefficient (Wildman–Crippen LogP) is 2.93. The SMILES string of the molecule is Cc1cccc(CN2CCN(C(=O)Cn3nc(-c4ccc(C)s4)ccc3=O)CC2)c1. The van der Waals surface area contributed by atoms with Crippen LogP contribution in [0.1, 0.15) is 16.0 Å². The van der Waals surface area contributed by atoms with Gasteiger partial charge in [0.1, 0.15) is 12.2 Å². The van der Waals surface area contributed by atoms with E-state index in [2.05, 4.69) is 41.2 Å². The lowest BCUT2D eigenvalue weighted by atomic mass is 10.1. The number of piperazine rings is 1. The van der Waals surface area contributed by atoms with Crippen molar-refractivity contribution in [1.29, 1.82) is 0 Å². The number of nitrogens with zero attached hydrogens (tertiary/aromatic N) is 4. The molecule has 7 heteroatoms. The molecule has 3 heterocycles. The lowest BCUT2D eigenvalue weighted by Crippen LogP contribution is -2.49. The lowest BCUT2D eigenvalue weighted by Gasteiger charge is -2.34. The molecular formula is C23H26N4O2S. The number of amides is 1. The normalized spacial score (nSPS) is 14.8. The minimum Gasteiger partial charge on any atom is -0.339 e. The van der Waals surface area contributed by atoms with E-state index in [-0.39, 0.29) is 18.0 Å². The van der Waals surface area contributed by atoms with Crippen molar-refractivity contribution in [3.05, 3.63) is 74.9 Å². The fourth-order valence-corrected chi connectivity index (χ4v) is 4.55. The Morgan fingerprint density at radius 1 is 1.03 bits per heavy atom. The highest BCUT2D eigenvalue weighted by atomic mass is 32.1. The number of aromatic nitrogens is 2. The second-order valence-electron chi connectivity index (χ2n) is 7.77. The van der Waals surface area contributed by atoms with Crippen molar-refractivity contribution >= 4 is 17.2 Å². The molecule has 1 aromatic carbocycles. The molecule has 156 valence electrons. The molecule has 3 aromatic rings. The second-order valence-corrected chi connectivity index (χ2v) is 9.06. The van der Waals surface area contributed by atoms with Gasteiger partial charge in [-0.05, 0) is 37.6 Å². The summed E-state index contributed by atoms with van der Waals surface area (Å²) in [5.74, 6) is -0.0562. The first-order valence-corrected chi connectivity index (χ1v) is 11.0. The summed E-state index contributed by atoms with van der Waals surface area (Å²) in [6, 6.07) is 15.8. The van der Waals surface area contributed by atoms with Crippen LogP contribution < -0.4 is 5.56 Å². The number of carbonyl (C=O) groups is 1. The number of aryl methyl sites for hydroxylation is 2. The van der Waals surface area contributed by atoms with Gasteiger partial charge in [-0.25, -0.2) is 4.68 Å². The van der Waals surface area contributed by atoms with Crippen LogP contribution in [0.5, 0.6) is 0 Å². The Bertz CT molecular complexity index is 1100. The Morgan fingerprint density at radius 3 is 2.53 bits per heavy atom. The van der Waals surface area contributed by atoms with Crippen LogP contribution in [0.15, 0.2) is 53.3 Å². The van der Waals surface area contributed by atoms with E-state index in [1.165, 1.54) is 26.8 Å². The Balaban J connectivity index is 1.36. The Labute approximate surface area is 180 Å². The van der Waals surface area contributed by atoms with Gasteiger partial charge in [0.2, 0.25) is 5.91 Å².